The Balaban J connectivity index is 1.35. The summed E-state index contributed by atoms with van der Waals surface area (Å²) in [6.07, 6.45) is 3.90. The second kappa shape index (κ2) is 11.0. The maximum atomic E-state index is 13.1. The summed E-state index contributed by atoms with van der Waals surface area (Å²) >= 11 is 6.32. The Hall–Kier alpha value is -3.31. The number of ether oxygens (including phenoxy) is 1. The van der Waals surface area contributed by atoms with Crippen LogP contribution in [0.15, 0.2) is 60.7 Å². The molecule has 192 valence electrons. The summed E-state index contributed by atoms with van der Waals surface area (Å²) in [6, 6.07) is 20.6. The predicted molar refractivity (Wildman–Crippen MR) is 151 cm³/mol. The average molecular weight is 516 g/mol. The van der Waals surface area contributed by atoms with Gasteiger partial charge in [0.25, 0.3) is 0 Å². The molecule has 3 aromatic carbocycles. The number of nitrogens with zero attached hydrogens (tertiary/aromatic N) is 3. The molecule has 1 amide bonds. The number of aromatic nitrogens is 2. The van der Waals surface area contributed by atoms with Crippen LogP contribution in [0.1, 0.15) is 54.6 Å². The Morgan fingerprint density at radius 1 is 1.05 bits per heavy atom. The molecule has 0 aliphatic carbocycles. The smallest absolute Gasteiger partial charge is 0.227 e. The number of hydrogen-bond donors (Lipinski definition) is 0. The van der Waals surface area contributed by atoms with E-state index in [0.717, 1.165) is 50.9 Å². The Labute approximate surface area is 224 Å². The zero-order valence-corrected chi connectivity index (χ0v) is 22.6. The number of benzene rings is 3. The van der Waals surface area contributed by atoms with E-state index in [9.17, 15) is 4.79 Å². The van der Waals surface area contributed by atoms with Crippen LogP contribution in [-0.2, 0) is 17.8 Å². The molecule has 4 aromatic rings. The third-order valence-corrected chi connectivity index (χ3v) is 7.83. The first-order chi connectivity index (χ1) is 17.9. The van der Waals surface area contributed by atoms with Gasteiger partial charge in [-0.25, -0.2) is 4.98 Å². The summed E-state index contributed by atoms with van der Waals surface area (Å²) in [4.78, 5) is 20.0. The van der Waals surface area contributed by atoms with E-state index < -0.39 is 0 Å². The summed E-state index contributed by atoms with van der Waals surface area (Å²) in [6.45, 7) is 7.96. The molecule has 1 unspecified atom stereocenters. The quantitative estimate of drug-likeness (QED) is 0.236. The lowest BCUT2D eigenvalue weighted by Gasteiger charge is -2.18. The van der Waals surface area contributed by atoms with Crippen LogP contribution < -0.4 is 9.64 Å². The van der Waals surface area contributed by atoms with Crippen LogP contribution in [0.5, 0.6) is 5.75 Å². The summed E-state index contributed by atoms with van der Waals surface area (Å²) in [5.41, 5.74) is 6.31. The van der Waals surface area contributed by atoms with Crippen molar-refractivity contribution in [2.24, 2.45) is 0 Å². The SMILES string of the molecule is CCCCc1ccc(N2CC(c3nc4ccccc4n3CCOc3cc(C)c(Cl)c(C)c3)CC2=O)cc1. The fourth-order valence-corrected chi connectivity index (χ4v) is 5.35. The van der Waals surface area contributed by atoms with Gasteiger partial charge in [-0.2, -0.15) is 0 Å². The van der Waals surface area contributed by atoms with E-state index in [1.54, 1.807) is 0 Å². The van der Waals surface area contributed by atoms with Crippen molar-refractivity contribution in [2.75, 3.05) is 18.1 Å². The number of hydrogen-bond acceptors (Lipinski definition) is 3. The van der Waals surface area contributed by atoms with Gasteiger partial charge in [0, 0.05) is 29.6 Å². The van der Waals surface area contributed by atoms with E-state index >= 15 is 0 Å². The Kier molecular flexibility index (Phi) is 7.52. The number of imidazole rings is 1. The van der Waals surface area contributed by atoms with Crippen molar-refractivity contribution in [3.05, 3.63) is 88.2 Å². The number of carbonyl (C=O) groups excluding carboxylic acids is 1. The summed E-state index contributed by atoms with van der Waals surface area (Å²) < 4.78 is 8.35. The van der Waals surface area contributed by atoms with E-state index in [0.29, 0.717) is 26.1 Å². The van der Waals surface area contributed by atoms with Crippen molar-refractivity contribution in [1.82, 2.24) is 9.55 Å². The number of rotatable bonds is 9. The van der Waals surface area contributed by atoms with Crippen molar-refractivity contribution in [3.63, 3.8) is 0 Å². The highest BCUT2D eigenvalue weighted by Crippen LogP contribution is 2.33. The van der Waals surface area contributed by atoms with E-state index in [1.807, 2.05) is 49.1 Å². The summed E-state index contributed by atoms with van der Waals surface area (Å²) in [5, 5.41) is 0.779. The van der Waals surface area contributed by atoms with Gasteiger partial charge in [0.15, 0.2) is 0 Å². The van der Waals surface area contributed by atoms with Crippen molar-refractivity contribution < 1.29 is 9.53 Å². The minimum atomic E-state index is 0.0275. The highest BCUT2D eigenvalue weighted by atomic mass is 35.5. The first-order valence-electron chi connectivity index (χ1n) is 13.2. The first kappa shape index (κ1) is 25.3. The lowest BCUT2D eigenvalue weighted by molar-refractivity contribution is -0.117. The van der Waals surface area contributed by atoms with Crippen molar-refractivity contribution in [1.29, 1.82) is 0 Å². The summed E-state index contributed by atoms with van der Waals surface area (Å²) in [7, 11) is 0. The Morgan fingerprint density at radius 3 is 2.51 bits per heavy atom. The van der Waals surface area contributed by atoms with Gasteiger partial charge in [-0.15, -0.1) is 0 Å². The van der Waals surface area contributed by atoms with Crippen molar-refractivity contribution in [2.45, 2.75) is 58.9 Å². The number of aryl methyl sites for hydroxylation is 3. The van der Waals surface area contributed by atoms with Gasteiger partial charge in [-0.1, -0.05) is 49.2 Å². The highest BCUT2D eigenvalue weighted by molar-refractivity contribution is 6.32. The molecule has 0 bridgehead atoms. The molecule has 0 radical (unpaired) electrons. The third kappa shape index (κ3) is 5.37. The van der Waals surface area contributed by atoms with Crippen LogP contribution in [0.2, 0.25) is 5.02 Å². The molecule has 37 heavy (non-hydrogen) atoms. The maximum Gasteiger partial charge on any atom is 0.227 e. The Morgan fingerprint density at radius 2 is 1.78 bits per heavy atom. The van der Waals surface area contributed by atoms with Gasteiger partial charge in [0.05, 0.1) is 17.6 Å². The van der Waals surface area contributed by atoms with Crippen LogP contribution in [0.3, 0.4) is 0 Å². The number of carbonyl (C=O) groups is 1. The molecular formula is C31H34ClN3O2. The van der Waals surface area contributed by atoms with Gasteiger partial charge < -0.3 is 14.2 Å². The molecule has 1 atom stereocenters. The molecule has 1 aliphatic heterocycles. The van der Waals surface area contributed by atoms with Gasteiger partial charge in [-0.05, 0) is 79.8 Å². The van der Waals surface area contributed by atoms with Gasteiger partial charge in [0.1, 0.15) is 18.2 Å². The van der Waals surface area contributed by atoms with Crippen LogP contribution in [0, 0.1) is 13.8 Å². The molecule has 1 aromatic heterocycles. The van der Waals surface area contributed by atoms with Crippen LogP contribution in [-0.4, -0.2) is 28.6 Å². The van der Waals surface area contributed by atoms with E-state index in [1.165, 1.54) is 18.4 Å². The van der Waals surface area contributed by atoms with Crippen molar-refractivity contribution in [3.8, 4) is 5.75 Å². The lowest BCUT2D eigenvalue weighted by Crippen LogP contribution is -2.24. The molecular weight excluding hydrogens is 482 g/mol. The first-order valence-corrected chi connectivity index (χ1v) is 13.6. The monoisotopic (exact) mass is 515 g/mol. The fourth-order valence-electron chi connectivity index (χ4n) is 5.24. The topological polar surface area (TPSA) is 47.4 Å². The normalized spacial score (nSPS) is 15.6. The van der Waals surface area contributed by atoms with E-state index in [2.05, 4.69) is 41.8 Å². The zero-order valence-electron chi connectivity index (χ0n) is 21.8. The number of anilines is 1. The fraction of sp³-hybridized carbons (Fsp3) is 0.355. The number of unbranched alkanes of at least 4 members (excludes halogenated alkanes) is 1. The Bertz CT molecular complexity index is 1390. The predicted octanol–water partition coefficient (Wildman–Crippen LogP) is 7.25. The second-order valence-corrected chi connectivity index (χ2v) is 10.4. The molecule has 1 aliphatic rings. The summed E-state index contributed by atoms with van der Waals surface area (Å²) in [5.74, 6) is 1.94. The molecule has 0 N–H and O–H groups in total. The van der Waals surface area contributed by atoms with E-state index in [-0.39, 0.29) is 11.8 Å². The van der Waals surface area contributed by atoms with E-state index in [4.69, 9.17) is 21.3 Å². The van der Waals surface area contributed by atoms with Gasteiger partial charge >= 0.3 is 0 Å². The number of amides is 1. The van der Waals surface area contributed by atoms with Crippen molar-refractivity contribution >= 4 is 34.2 Å². The molecule has 0 spiro atoms. The van der Waals surface area contributed by atoms with Crippen LogP contribution >= 0.6 is 11.6 Å². The molecule has 0 saturated carbocycles. The third-order valence-electron chi connectivity index (χ3n) is 7.23. The molecule has 6 heteroatoms. The number of fused-ring (bicyclic) bond motifs is 1. The molecule has 5 nitrogen and oxygen atoms in total. The van der Waals surface area contributed by atoms with Gasteiger partial charge in [0.2, 0.25) is 5.91 Å². The number of para-hydroxylation sites is 2. The average Bonchev–Trinajstić information content (AvgIpc) is 3.47. The molecule has 1 saturated heterocycles. The van der Waals surface area contributed by atoms with Gasteiger partial charge in [-0.3, -0.25) is 4.79 Å². The second-order valence-electron chi connectivity index (χ2n) is 10.0. The molecule has 5 rings (SSSR count). The maximum absolute atomic E-state index is 13.1. The minimum absolute atomic E-state index is 0.0275. The zero-order chi connectivity index (χ0) is 25.9. The largest absolute Gasteiger partial charge is 0.492 e. The number of halogens is 1. The highest BCUT2D eigenvalue weighted by Gasteiger charge is 2.34. The van der Waals surface area contributed by atoms with Crippen LogP contribution in [0.4, 0.5) is 5.69 Å². The standard InChI is InChI=1S/C31H34ClN3O2/c1-4-5-8-23-11-13-25(14-12-23)35-20-24(19-29(35)36)31-33-27-9-6-7-10-28(27)34(31)15-16-37-26-17-21(2)30(32)22(3)18-26/h6-7,9-14,17-18,24H,4-5,8,15-16,19-20H2,1-3H3. The molecule has 2 heterocycles. The lowest BCUT2D eigenvalue weighted by atomic mass is 10.1. The minimum Gasteiger partial charge on any atom is -0.492 e. The molecule has 1 fully saturated rings. The van der Waals surface area contributed by atoms with Crippen LogP contribution in [0.25, 0.3) is 11.0 Å².